The van der Waals surface area contributed by atoms with Crippen molar-refractivity contribution in [3.05, 3.63) is 34.9 Å². The number of carbonyl (C=O) groups is 1. The minimum Gasteiger partial charge on any atom is -0.465 e. The Morgan fingerprint density at radius 1 is 1.23 bits per heavy atom. The van der Waals surface area contributed by atoms with Crippen molar-refractivity contribution < 1.29 is 23.1 Å². The largest absolute Gasteiger partial charge is 0.465 e. The molecule has 0 aromatic heterocycles. The standard InChI is InChI=1S/C18H26N2O5S/c1-26(23,24)20-9-6-16-10-15(2-3-17(16)11-20)13-25-12-14-4-7-19(8-5-14)18(21)22/h2-3,10,14H,4-9,11-13H2,1H3,(H,21,22). The molecule has 1 N–H and O–H groups in total. The second-order valence-electron chi connectivity index (χ2n) is 7.18. The fourth-order valence-electron chi connectivity index (χ4n) is 3.59. The maximum atomic E-state index is 11.7. The molecule has 1 amide bonds. The Kier molecular flexibility index (Phi) is 5.84. The van der Waals surface area contributed by atoms with Crippen LogP contribution in [0.5, 0.6) is 0 Å². The summed E-state index contributed by atoms with van der Waals surface area (Å²) in [5.74, 6) is 0.409. The van der Waals surface area contributed by atoms with Crippen LogP contribution in [0.1, 0.15) is 29.5 Å². The zero-order valence-electron chi connectivity index (χ0n) is 15.1. The van der Waals surface area contributed by atoms with E-state index in [0.717, 1.165) is 30.4 Å². The molecule has 0 bridgehead atoms. The van der Waals surface area contributed by atoms with E-state index in [1.165, 1.54) is 21.0 Å². The van der Waals surface area contributed by atoms with Crippen molar-refractivity contribution in [1.82, 2.24) is 9.21 Å². The highest BCUT2D eigenvalue weighted by Gasteiger charge is 2.24. The fraction of sp³-hybridized carbons (Fsp3) is 0.611. The van der Waals surface area contributed by atoms with E-state index in [0.29, 0.717) is 45.3 Å². The molecule has 2 heterocycles. The summed E-state index contributed by atoms with van der Waals surface area (Å²) >= 11 is 0. The van der Waals surface area contributed by atoms with Crippen LogP contribution in [0.2, 0.25) is 0 Å². The van der Waals surface area contributed by atoms with Crippen molar-refractivity contribution >= 4 is 16.1 Å². The van der Waals surface area contributed by atoms with Crippen molar-refractivity contribution in [3.8, 4) is 0 Å². The number of nitrogens with zero attached hydrogens (tertiary/aromatic N) is 2. The molecule has 0 aliphatic carbocycles. The Labute approximate surface area is 154 Å². The summed E-state index contributed by atoms with van der Waals surface area (Å²) in [5.41, 5.74) is 3.35. The van der Waals surface area contributed by atoms with Gasteiger partial charge in [0.05, 0.1) is 12.9 Å². The van der Waals surface area contributed by atoms with Crippen LogP contribution in [-0.2, 0) is 34.3 Å². The number of sulfonamides is 1. The first-order chi connectivity index (χ1) is 12.3. The third-order valence-electron chi connectivity index (χ3n) is 5.22. The Morgan fingerprint density at radius 2 is 1.96 bits per heavy atom. The molecule has 0 spiro atoms. The smallest absolute Gasteiger partial charge is 0.407 e. The maximum Gasteiger partial charge on any atom is 0.407 e. The van der Waals surface area contributed by atoms with Gasteiger partial charge in [0.2, 0.25) is 10.0 Å². The maximum absolute atomic E-state index is 11.7. The molecule has 1 aromatic rings. The van der Waals surface area contributed by atoms with Gasteiger partial charge in [-0.3, -0.25) is 0 Å². The van der Waals surface area contributed by atoms with Crippen molar-refractivity contribution in [2.45, 2.75) is 32.4 Å². The zero-order chi connectivity index (χ0) is 18.7. The average molecular weight is 382 g/mol. The number of rotatable bonds is 5. The number of likely N-dealkylation sites (tertiary alicyclic amines) is 1. The van der Waals surface area contributed by atoms with Gasteiger partial charge >= 0.3 is 6.09 Å². The minimum atomic E-state index is -3.15. The Morgan fingerprint density at radius 3 is 2.62 bits per heavy atom. The lowest BCUT2D eigenvalue weighted by molar-refractivity contribution is 0.0568. The number of piperidine rings is 1. The molecule has 7 nitrogen and oxygen atoms in total. The highest BCUT2D eigenvalue weighted by atomic mass is 32.2. The molecule has 8 heteroatoms. The molecule has 26 heavy (non-hydrogen) atoms. The molecule has 0 unspecified atom stereocenters. The van der Waals surface area contributed by atoms with Gasteiger partial charge in [-0.25, -0.2) is 13.2 Å². The number of ether oxygens (including phenoxy) is 1. The van der Waals surface area contributed by atoms with Gasteiger partial charge in [0.1, 0.15) is 0 Å². The summed E-state index contributed by atoms with van der Waals surface area (Å²) in [7, 11) is -3.15. The summed E-state index contributed by atoms with van der Waals surface area (Å²) in [6, 6.07) is 6.11. The van der Waals surface area contributed by atoms with E-state index in [9.17, 15) is 13.2 Å². The van der Waals surface area contributed by atoms with Gasteiger partial charge in [-0.2, -0.15) is 4.31 Å². The van der Waals surface area contributed by atoms with Crippen molar-refractivity contribution in [2.24, 2.45) is 5.92 Å². The average Bonchev–Trinajstić information content (AvgIpc) is 2.61. The Hall–Kier alpha value is -1.64. The summed E-state index contributed by atoms with van der Waals surface area (Å²) in [4.78, 5) is 12.4. The lowest BCUT2D eigenvalue weighted by Crippen LogP contribution is -2.38. The molecule has 0 saturated carbocycles. The van der Waals surface area contributed by atoms with E-state index in [2.05, 4.69) is 6.07 Å². The first kappa shape index (κ1) is 19.1. The third kappa shape index (κ3) is 4.75. The van der Waals surface area contributed by atoms with Gasteiger partial charge in [-0.05, 0) is 41.9 Å². The quantitative estimate of drug-likeness (QED) is 0.841. The van der Waals surface area contributed by atoms with Gasteiger partial charge in [0.15, 0.2) is 0 Å². The number of hydrogen-bond donors (Lipinski definition) is 1. The number of hydrogen-bond acceptors (Lipinski definition) is 4. The van der Waals surface area contributed by atoms with Crippen LogP contribution in [0.4, 0.5) is 4.79 Å². The molecule has 1 aromatic carbocycles. The molecule has 0 radical (unpaired) electrons. The van der Waals surface area contributed by atoms with E-state index in [-0.39, 0.29) is 0 Å². The van der Waals surface area contributed by atoms with Gasteiger partial charge in [-0.15, -0.1) is 0 Å². The van der Waals surface area contributed by atoms with Crippen LogP contribution >= 0.6 is 0 Å². The first-order valence-electron chi connectivity index (χ1n) is 8.94. The Bertz CT molecular complexity index is 757. The van der Waals surface area contributed by atoms with Crippen molar-refractivity contribution in [3.63, 3.8) is 0 Å². The molecular formula is C18H26N2O5S. The molecule has 144 valence electrons. The lowest BCUT2D eigenvalue weighted by Gasteiger charge is -2.29. The molecule has 3 rings (SSSR count). The lowest BCUT2D eigenvalue weighted by atomic mass is 9.98. The highest BCUT2D eigenvalue weighted by molar-refractivity contribution is 7.88. The van der Waals surface area contributed by atoms with E-state index < -0.39 is 16.1 Å². The predicted molar refractivity (Wildman–Crippen MR) is 97.4 cm³/mol. The number of fused-ring (bicyclic) bond motifs is 1. The van der Waals surface area contributed by atoms with Crippen LogP contribution in [0.3, 0.4) is 0 Å². The Balaban J connectivity index is 1.48. The topological polar surface area (TPSA) is 87.2 Å². The third-order valence-corrected chi connectivity index (χ3v) is 6.47. The normalized spacial score (nSPS) is 19.3. The molecule has 1 saturated heterocycles. The summed E-state index contributed by atoms with van der Waals surface area (Å²) in [6.45, 7) is 3.31. The predicted octanol–water partition coefficient (Wildman–Crippen LogP) is 1.91. The molecule has 1 fully saturated rings. The number of carboxylic acid groups (broad SMARTS) is 1. The summed E-state index contributed by atoms with van der Waals surface area (Å²) < 4.78 is 30.7. The van der Waals surface area contributed by atoms with Gasteiger partial charge in [-0.1, -0.05) is 18.2 Å². The van der Waals surface area contributed by atoms with E-state index in [4.69, 9.17) is 9.84 Å². The minimum absolute atomic E-state index is 0.409. The van der Waals surface area contributed by atoms with E-state index >= 15 is 0 Å². The second-order valence-corrected chi connectivity index (χ2v) is 9.16. The van der Waals surface area contributed by atoms with Crippen molar-refractivity contribution in [1.29, 1.82) is 0 Å². The SMILES string of the molecule is CS(=O)(=O)N1CCc2cc(COCC3CCN(C(=O)O)CC3)ccc2C1. The first-order valence-corrected chi connectivity index (χ1v) is 10.8. The number of amides is 1. The van der Waals surface area contributed by atoms with E-state index in [1.807, 2.05) is 12.1 Å². The van der Waals surface area contributed by atoms with Crippen LogP contribution in [0.25, 0.3) is 0 Å². The van der Waals surface area contributed by atoms with Crippen molar-refractivity contribution in [2.75, 3.05) is 32.5 Å². The van der Waals surface area contributed by atoms with Gasteiger partial charge in [0.25, 0.3) is 0 Å². The van der Waals surface area contributed by atoms with Crippen LogP contribution < -0.4 is 0 Å². The monoisotopic (exact) mass is 382 g/mol. The molecular weight excluding hydrogens is 356 g/mol. The van der Waals surface area contributed by atoms with Gasteiger partial charge in [0, 0.05) is 32.8 Å². The summed E-state index contributed by atoms with van der Waals surface area (Å²) in [5, 5.41) is 8.97. The molecule has 0 atom stereocenters. The van der Waals surface area contributed by atoms with Crippen LogP contribution in [0, 0.1) is 5.92 Å². The molecule has 2 aliphatic rings. The second kappa shape index (κ2) is 7.94. The highest BCUT2D eigenvalue weighted by Crippen LogP contribution is 2.23. The summed E-state index contributed by atoms with van der Waals surface area (Å²) in [6.07, 6.45) is 2.83. The van der Waals surface area contributed by atoms with Gasteiger partial charge < -0.3 is 14.7 Å². The number of benzene rings is 1. The molecule has 2 aliphatic heterocycles. The van der Waals surface area contributed by atoms with Crippen LogP contribution in [-0.4, -0.2) is 61.3 Å². The fourth-order valence-corrected chi connectivity index (χ4v) is 4.38. The van der Waals surface area contributed by atoms with Crippen LogP contribution in [0.15, 0.2) is 18.2 Å². The zero-order valence-corrected chi connectivity index (χ0v) is 15.9. The van der Waals surface area contributed by atoms with E-state index in [1.54, 1.807) is 0 Å².